The van der Waals surface area contributed by atoms with Crippen molar-refractivity contribution in [3.8, 4) is 5.75 Å². The molecule has 0 fully saturated rings. The molecule has 2 amide bonds. The lowest BCUT2D eigenvalue weighted by molar-refractivity contribution is -0.115. The van der Waals surface area contributed by atoms with E-state index in [2.05, 4.69) is 5.32 Å². The molecule has 0 bridgehead atoms. The van der Waals surface area contributed by atoms with Crippen LogP contribution in [-0.4, -0.2) is 37.9 Å². The number of methoxy groups -OCH3 is 1. The first kappa shape index (κ1) is 16.5. The van der Waals surface area contributed by atoms with Crippen LogP contribution in [0.25, 0.3) is 0 Å². The fraction of sp³-hybridized carbons (Fsp3) is 0.222. The highest BCUT2D eigenvalue weighted by Gasteiger charge is 2.14. The van der Waals surface area contributed by atoms with Gasteiger partial charge >= 0.3 is 0 Å². The average Bonchev–Trinajstić information content (AvgIpc) is 2.55. The van der Waals surface area contributed by atoms with E-state index in [9.17, 15) is 9.59 Å². The van der Waals surface area contributed by atoms with Crippen LogP contribution < -0.4 is 10.1 Å². The molecule has 0 aliphatic rings. The second-order valence-electron chi connectivity index (χ2n) is 5.32. The van der Waals surface area contributed by atoms with Crippen LogP contribution in [-0.2, 0) is 11.2 Å². The lowest BCUT2D eigenvalue weighted by Gasteiger charge is -2.14. The van der Waals surface area contributed by atoms with Crippen LogP contribution in [0, 0.1) is 0 Å². The van der Waals surface area contributed by atoms with Crippen LogP contribution in [0.5, 0.6) is 5.75 Å². The van der Waals surface area contributed by atoms with Gasteiger partial charge in [0.15, 0.2) is 0 Å². The molecule has 5 nitrogen and oxygen atoms in total. The van der Waals surface area contributed by atoms with Crippen LogP contribution in [0.1, 0.15) is 15.9 Å². The van der Waals surface area contributed by atoms with E-state index in [0.29, 0.717) is 11.3 Å². The fourth-order valence-electron chi connectivity index (χ4n) is 2.14. The van der Waals surface area contributed by atoms with Crippen molar-refractivity contribution in [2.24, 2.45) is 0 Å². The van der Waals surface area contributed by atoms with Gasteiger partial charge in [-0.2, -0.15) is 0 Å². The van der Waals surface area contributed by atoms with Crippen molar-refractivity contribution in [1.29, 1.82) is 0 Å². The summed E-state index contributed by atoms with van der Waals surface area (Å²) < 4.78 is 5.09. The zero-order valence-electron chi connectivity index (χ0n) is 13.5. The van der Waals surface area contributed by atoms with Crippen molar-refractivity contribution in [2.75, 3.05) is 26.5 Å². The van der Waals surface area contributed by atoms with Gasteiger partial charge < -0.3 is 15.0 Å². The number of carbonyl (C=O) groups excluding carboxylic acids is 2. The number of benzene rings is 2. The Morgan fingerprint density at radius 3 is 2.30 bits per heavy atom. The Balaban J connectivity index is 2.09. The predicted molar refractivity (Wildman–Crippen MR) is 89.8 cm³/mol. The molecule has 0 aromatic heterocycles. The van der Waals surface area contributed by atoms with Crippen molar-refractivity contribution < 1.29 is 14.3 Å². The van der Waals surface area contributed by atoms with Gasteiger partial charge in [0.1, 0.15) is 5.75 Å². The van der Waals surface area contributed by atoms with Gasteiger partial charge in [0.25, 0.3) is 5.91 Å². The number of nitrogens with zero attached hydrogens (tertiary/aromatic N) is 1. The van der Waals surface area contributed by atoms with Gasteiger partial charge in [-0.1, -0.05) is 24.3 Å². The van der Waals surface area contributed by atoms with E-state index in [4.69, 9.17) is 4.74 Å². The summed E-state index contributed by atoms with van der Waals surface area (Å²) >= 11 is 0. The van der Waals surface area contributed by atoms with Crippen LogP contribution in [0.4, 0.5) is 5.69 Å². The summed E-state index contributed by atoms with van der Waals surface area (Å²) in [5, 5.41) is 2.81. The minimum absolute atomic E-state index is 0.148. The Kier molecular flexibility index (Phi) is 5.36. The van der Waals surface area contributed by atoms with Crippen molar-refractivity contribution in [2.45, 2.75) is 6.42 Å². The van der Waals surface area contributed by atoms with E-state index in [1.807, 2.05) is 24.3 Å². The van der Waals surface area contributed by atoms with E-state index >= 15 is 0 Å². The molecule has 0 radical (unpaired) electrons. The zero-order chi connectivity index (χ0) is 16.8. The van der Waals surface area contributed by atoms with Crippen molar-refractivity contribution >= 4 is 17.5 Å². The highest BCUT2D eigenvalue weighted by molar-refractivity contribution is 6.03. The first-order chi connectivity index (χ1) is 11.0. The number of hydrogen-bond donors (Lipinski definition) is 1. The molecule has 0 atom stereocenters. The molecule has 0 aliphatic heterocycles. The lowest BCUT2D eigenvalue weighted by Crippen LogP contribution is -2.24. The topological polar surface area (TPSA) is 58.6 Å². The molecule has 0 saturated carbocycles. The highest BCUT2D eigenvalue weighted by atomic mass is 16.5. The number of amides is 2. The van der Waals surface area contributed by atoms with E-state index in [0.717, 1.165) is 11.3 Å². The quantitative estimate of drug-likeness (QED) is 0.923. The van der Waals surface area contributed by atoms with Crippen molar-refractivity contribution in [3.63, 3.8) is 0 Å². The van der Waals surface area contributed by atoms with E-state index in [1.54, 1.807) is 45.5 Å². The fourth-order valence-corrected chi connectivity index (χ4v) is 2.14. The smallest absolute Gasteiger partial charge is 0.255 e. The molecule has 0 heterocycles. The molecule has 120 valence electrons. The van der Waals surface area contributed by atoms with Crippen LogP contribution in [0.2, 0.25) is 0 Å². The standard InChI is InChI=1S/C18H20N2O3/c1-20(2)18(22)15-6-4-5-7-16(15)19-17(21)12-13-8-10-14(23-3)11-9-13/h4-11H,12H2,1-3H3,(H,19,21). The molecule has 0 aliphatic carbocycles. The average molecular weight is 312 g/mol. The molecule has 0 saturated heterocycles. The van der Waals surface area contributed by atoms with E-state index in [1.165, 1.54) is 4.90 Å². The monoisotopic (exact) mass is 312 g/mol. The Morgan fingerprint density at radius 1 is 1.04 bits per heavy atom. The van der Waals surface area contributed by atoms with Gasteiger partial charge in [0.05, 0.1) is 24.8 Å². The number of anilines is 1. The first-order valence-corrected chi connectivity index (χ1v) is 7.24. The SMILES string of the molecule is COc1ccc(CC(=O)Nc2ccccc2C(=O)N(C)C)cc1. The maximum Gasteiger partial charge on any atom is 0.255 e. The molecule has 23 heavy (non-hydrogen) atoms. The highest BCUT2D eigenvalue weighted by Crippen LogP contribution is 2.17. The number of ether oxygens (including phenoxy) is 1. The normalized spacial score (nSPS) is 10.0. The third-order valence-corrected chi connectivity index (χ3v) is 3.36. The molecule has 2 rings (SSSR count). The summed E-state index contributed by atoms with van der Waals surface area (Å²) in [6.07, 6.45) is 0.231. The summed E-state index contributed by atoms with van der Waals surface area (Å²) in [6.45, 7) is 0. The van der Waals surface area contributed by atoms with E-state index < -0.39 is 0 Å². The molecular formula is C18H20N2O3. The van der Waals surface area contributed by atoms with Crippen LogP contribution >= 0.6 is 0 Å². The minimum atomic E-state index is -0.172. The maximum absolute atomic E-state index is 12.2. The summed E-state index contributed by atoms with van der Waals surface area (Å²) in [5.74, 6) is 0.426. The summed E-state index contributed by atoms with van der Waals surface area (Å²) in [4.78, 5) is 25.8. The summed E-state index contributed by atoms with van der Waals surface area (Å²) in [7, 11) is 4.96. The number of para-hydroxylation sites is 1. The van der Waals surface area contributed by atoms with Gasteiger partial charge in [0.2, 0.25) is 5.91 Å². The lowest BCUT2D eigenvalue weighted by atomic mass is 10.1. The third-order valence-electron chi connectivity index (χ3n) is 3.36. The second-order valence-corrected chi connectivity index (χ2v) is 5.32. The largest absolute Gasteiger partial charge is 0.497 e. The van der Waals surface area contributed by atoms with Crippen LogP contribution in [0.3, 0.4) is 0 Å². The zero-order valence-corrected chi connectivity index (χ0v) is 13.5. The molecule has 0 unspecified atom stereocenters. The first-order valence-electron chi connectivity index (χ1n) is 7.24. The van der Waals surface area contributed by atoms with Crippen molar-refractivity contribution in [3.05, 3.63) is 59.7 Å². The Hall–Kier alpha value is -2.82. The van der Waals surface area contributed by atoms with E-state index in [-0.39, 0.29) is 18.2 Å². The Labute approximate surface area is 135 Å². The molecule has 0 spiro atoms. The molecular weight excluding hydrogens is 292 g/mol. The Bertz CT molecular complexity index is 694. The Morgan fingerprint density at radius 2 is 1.70 bits per heavy atom. The second kappa shape index (κ2) is 7.45. The number of nitrogens with one attached hydrogen (secondary N) is 1. The summed E-state index contributed by atoms with van der Waals surface area (Å²) in [5.41, 5.74) is 1.87. The van der Waals surface area contributed by atoms with Crippen LogP contribution in [0.15, 0.2) is 48.5 Å². The summed E-state index contributed by atoms with van der Waals surface area (Å²) in [6, 6.07) is 14.3. The minimum Gasteiger partial charge on any atom is -0.497 e. The number of carbonyl (C=O) groups is 2. The van der Waals surface area contributed by atoms with Gasteiger partial charge in [-0.25, -0.2) is 0 Å². The molecule has 1 N–H and O–H groups in total. The number of rotatable bonds is 5. The molecule has 2 aromatic carbocycles. The van der Waals surface area contributed by atoms with Gasteiger partial charge in [-0.05, 0) is 29.8 Å². The van der Waals surface area contributed by atoms with Crippen molar-refractivity contribution in [1.82, 2.24) is 4.90 Å². The van der Waals surface area contributed by atoms with Gasteiger partial charge in [0, 0.05) is 14.1 Å². The third kappa shape index (κ3) is 4.32. The number of hydrogen-bond acceptors (Lipinski definition) is 3. The van der Waals surface area contributed by atoms with Gasteiger partial charge in [-0.15, -0.1) is 0 Å². The molecule has 2 aromatic rings. The maximum atomic E-state index is 12.2. The predicted octanol–water partition coefficient (Wildman–Crippen LogP) is 2.58. The van der Waals surface area contributed by atoms with Gasteiger partial charge in [-0.3, -0.25) is 9.59 Å². The molecule has 5 heteroatoms.